The molecule has 15 heavy (non-hydrogen) atoms. The summed E-state index contributed by atoms with van der Waals surface area (Å²) in [5.74, 6) is 0.764. The number of hydrogen-bond acceptors (Lipinski definition) is 5. The van der Waals surface area contributed by atoms with Crippen LogP contribution in [0.1, 0.15) is 0 Å². The van der Waals surface area contributed by atoms with Crippen LogP contribution in [-0.2, 0) is 0 Å². The zero-order valence-electron chi connectivity index (χ0n) is 7.75. The van der Waals surface area contributed by atoms with Gasteiger partial charge in [0.2, 0.25) is 0 Å². The molecule has 1 atom stereocenters. The first-order chi connectivity index (χ1) is 7.20. The van der Waals surface area contributed by atoms with Gasteiger partial charge in [-0.15, -0.1) is 0 Å². The van der Waals surface area contributed by atoms with Gasteiger partial charge in [0.05, 0.1) is 17.6 Å². The van der Waals surface area contributed by atoms with Gasteiger partial charge < -0.3 is 14.6 Å². The highest BCUT2D eigenvalue weighted by molar-refractivity contribution is 5.49. The Morgan fingerprint density at radius 3 is 3.00 bits per heavy atom. The monoisotopic (exact) mass is 211 g/mol. The van der Waals surface area contributed by atoms with Gasteiger partial charge in [0, 0.05) is 6.07 Å². The maximum absolute atomic E-state index is 10.5. The molecule has 0 aliphatic carbocycles. The van der Waals surface area contributed by atoms with Crippen molar-refractivity contribution >= 4 is 5.69 Å². The second-order valence-electron chi connectivity index (χ2n) is 3.12. The molecule has 1 aliphatic rings. The van der Waals surface area contributed by atoms with Crippen molar-refractivity contribution in [2.75, 3.05) is 13.2 Å². The molecule has 0 saturated heterocycles. The number of hydrogen-bond donors (Lipinski definition) is 1. The Kier molecular flexibility index (Phi) is 2.42. The van der Waals surface area contributed by atoms with E-state index in [9.17, 15) is 10.1 Å². The topological polar surface area (TPSA) is 81.8 Å². The summed E-state index contributed by atoms with van der Waals surface area (Å²) in [6, 6.07) is 4.12. The van der Waals surface area contributed by atoms with E-state index in [0.29, 0.717) is 11.5 Å². The van der Waals surface area contributed by atoms with Crippen LogP contribution in [0, 0.1) is 10.1 Å². The standard InChI is InChI=1S/C9H9NO5/c11-4-7-5-14-8-2-1-6(10(12)13)3-9(8)15-7/h1-3,7,11H,4-5H2/t7-/m1/s1. The third kappa shape index (κ3) is 1.84. The minimum Gasteiger partial charge on any atom is -0.486 e. The van der Waals surface area contributed by atoms with Crippen molar-refractivity contribution in [1.29, 1.82) is 0 Å². The molecule has 0 fully saturated rings. The van der Waals surface area contributed by atoms with Crippen LogP contribution in [-0.4, -0.2) is 29.3 Å². The maximum Gasteiger partial charge on any atom is 0.273 e. The minimum atomic E-state index is -0.508. The van der Waals surface area contributed by atoms with E-state index in [2.05, 4.69) is 0 Å². The first-order valence-electron chi connectivity index (χ1n) is 4.39. The molecule has 0 amide bonds. The Labute approximate surface area is 85.2 Å². The van der Waals surface area contributed by atoms with E-state index in [1.807, 2.05) is 0 Å². The summed E-state index contributed by atoms with van der Waals surface area (Å²) in [4.78, 5) is 9.99. The Hall–Kier alpha value is -1.82. The van der Waals surface area contributed by atoms with Gasteiger partial charge >= 0.3 is 0 Å². The summed E-state index contributed by atoms with van der Waals surface area (Å²) >= 11 is 0. The molecule has 0 radical (unpaired) electrons. The molecular formula is C9H9NO5. The van der Waals surface area contributed by atoms with Crippen LogP contribution < -0.4 is 9.47 Å². The SMILES string of the molecule is O=[N+]([O-])c1ccc2c(c1)O[C@H](CO)CO2. The molecule has 2 rings (SSSR count). The molecule has 6 nitrogen and oxygen atoms in total. The van der Waals surface area contributed by atoms with Crippen molar-refractivity contribution in [3.05, 3.63) is 28.3 Å². The number of non-ortho nitro benzene ring substituents is 1. The number of nitro benzene ring substituents is 1. The van der Waals surface area contributed by atoms with Crippen LogP contribution in [0.15, 0.2) is 18.2 Å². The van der Waals surface area contributed by atoms with Crippen LogP contribution >= 0.6 is 0 Å². The highest BCUT2D eigenvalue weighted by Crippen LogP contribution is 2.34. The molecule has 80 valence electrons. The number of aliphatic hydroxyl groups excluding tert-OH is 1. The molecule has 6 heteroatoms. The first-order valence-corrected chi connectivity index (χ1v) is 4.39. The Bertz CT molecular complexity index is 392. The van der Waals surface area contributed by atoms with E-state index in [1.165, 1.54) is 18.2 Å². The fraction of sp³-hybridized carbons (Fsp3) is 0.333. The van der Waals surface area contributed by atoms with Crippen molar-refractivity contribution < 1.29 is 19.5 Å². The van der Waals surface area contributed by atoms with E-state index in [4.69, 9.17) is 14.6 Å². The van der Waals surface area contributed by atoms with Crippen molar-refractivity contribution in [2.45, 2.75) is 6.10 Å². The summed E-state index contributed by atoms with van der Waals surface area (Å²) in [5.41, 5.74) is -0.0593. The number of rotatable bonds is 2. The number of benzene rings is 1. The molecule has 1 aliphatic heterocycles. The lowest BCUT2D eigenvalue weighted by atomic mass is 10.2. The molecule has 1 aromatic carbocycles. The number of nitrogens with zero attached hydrogens (tertiary/aromatic N) is 1. The fourth-order valence-corrected chi connectivity index (χ4v) is 1.31. The third-order valence-electron chi connectivity index (χ3n) is 2.06. The van der Waals surface area contributed by atoms with E-state index in [-0.39, 0.29) is 18.9 Å². The van der Waals surface area contributed by atoms with Crippen molar-refractivity contribution in [3.8, 4) is 11.5 Å². The zero-order valence-corrected chi connectivity index (χ0v) is 7.75. The van der Waals surface area contributed by atoms with Gasteiger partial charge in [0.15, 0.2) is 17.6 Å². The Morgan fingerprint density at radius 1 is 1.53 bits per heavy atom. The third-order valence-corrected chi connectivity index (χ3v) is 2.06. The molecule has 0 bridgehead atoms. The van der Waals surface area contributed by atoms with Crippen molar-refractivity contribution in [1.82, 2.24) is 0 Å². The summed E-state index contributed by atoms with van der Waals surface area (Å²) in [7, 11) is 0. The van der Waals surface area contributed by atoms with E-state index >= 15 is 0 Å². The molecule has 0 spiro atoms. The Morgan fingerprint density at radius 2 is 2.33 bits per heavy atom. The highest BCUT2D eigenvalue weighted by atomic mass is 16.6. The minimum absolute atomic E-state index is 0.0593. The molecular weight excluding hydrogens is 202 g/mol. The van der Waals surface area contributed by atoms with Crippen LogP contribution in [0.3, 0.4) is 0 Å². The zero-order chi connectivity index (χ0) is 10.8. The van der Waals surface area contributed by atoms with Gasteiger partial charge in [-0.2, -0.15) is 0 Å². The quantitative estimate of drug-likeness (QED) is 0.576. The molecule has 0 aromatic heterocycles. The second kappa shape index (κ2) is 3.74. The van der Waals surface area contributed by atoms with Crippen molar-refractivity contribution in [2.24, 2.45) is 0 Å². The van der Waals surface area contributed by atoms with Crippen LogP contribution in [0.5, 0.6) is 11.5 Å². The molecule has 1 aromatic rings. The van der Waals surface area contributed by atoms with Gasteiger partial charge in [-0.3, -0.25) is 10.1 Å². The summed E-state index contributed by atoms with van der Waals surface area (Å²) in [6.07, 6.45) is -0.459. The maximum atomic E-state index is 10.5. The smallest absolute Gasteiger partial charge is 0.273 e. The highest BCUT2D eigenvalue weighted by Gasteiger charge is 2.22. The van der Waals surface area contributed by atoms with Crippen LogP contribution in [0.25, 0.3) is 0 Å². The Balaban J connectivity index is 2.30. The summed E-state index contributed by atoms with van der Waals surface area (Å²) in [5, 5.41) is 19.4. The second-order valence-corrected chi connectivity index (χ2v) is 3.12. The average Bonchev–Trinajstić information content (AvgIpc) is 2.27. The van der Waals surface area contributed by atoms with Gasteiger partial charge in [0.25, 0.3) is 5.69 Å². The lowest BCUT2D eigenvalue weighted by Crippen LogP contribution is -2.32. The fourth-order valence-electron chi connectivity index (χ4n) is 1.31. The number of nitro groups is 1. The normalized spacial score (nSPS) is 18.6. The van der Waals surface area contributed by atoms with E-state index in [1.54, 1.807) is 0 Å². The van der Waals surface area contributed by atoms with Gasteiger partial charge in [0.1, 0.15) is 6.61 Å². The molecule has 1 heterocycles. The molecule has 0 unspecified atom stereocenters. The van der Waals surface area contributed by atoms with E-state index < -0.39 is 11.0 Å². The summed E-state index contributed by atoms with van der Waals surface area (Å²) in [6.45, 7) is 0.0729. The van der Waals surface area contributed by atoms with E-state index in [0.717, 1.165) is 0 Å². The molecule has 0 saturated carbocycles. The van der Waals surface area contributed by atoms with Crippen LogP contribution in [0.2, 0.25) is 0 Å². The summed E-state index contributed by atoms with van der Waals surface area (Å²) < 4.78 is 10.5. The molecule has 1 N–H and O–H groups in total. The lowest BCUT2D eigenvalue weighted by Gasteiger charge is -2.24. The van der Waals surface area contributed by atoms with Crippen molar-refractivity contribution in [3.63, 3.8) is 0 Å². The predicted molar refractivity (Wildman–Crippen MR) is 50.1 cm³/mol. The largest absolute Gasteiger partial charge is 0.486 e. The first kappa shape index (κ1) is 9.72. The van der Waals surface area contributed by atoms with Gasteiger partial charge in [-0.25, -0.2) is 0 Å². The number of ether oxygens (including phenoxy) is 2. The lowest BCUT2D eigenvalue weighted by molar-refractivity contribution is -0.385. The predicted octanol–water partition coefficient (Wildman–Crippen LogP) is 0.727. The number of fused-ring (bicyclic) bond motifs is 1. The van der Waals surface area contributed by atoms with Crippen LogP contribution in [0.4, 0.5) is 5.69 Å². The van der Waals surface area contributed by atoms with Gasteiger partial charge in [-0.05, 0) is 6.07 Å². The van der Waals surface area contributed by atoms with Gasteiger partial charge in [-0.1, -0.05) is 0 Å². The average molecular weight is 211 g/mol. The number of aliphatic hydroxyl groups is 1.